The molecule has 0 amide bonds. The van der Waals surface area contributed by atoms with Gasteiger partial charge in [0.25, 0.3) is 0 Å². The lowest BCUT2D eigenvalue weighted by Gasteiger charge is -2.33. The van der Waals surface area contributed by atoms with Crippen molar-refractivity contribution < 1.29 is 0 Å². The topological polar surface area (TPSA) is 18.0 Å². The van der Waals surface area contributed by atoms with Gasteiger partial charge in [0, 0.05) is 82.2 Å². The molecule has 5 aliphatic rings. The molecule has 0 spiro atoms. The third kappa shape index (κ3) is 5.43. The van der Waals surface area contributed by atoms with E-state index in [2.05, 4.69) is 274 Å². The summed E-state index contributed by atoms with van der Waals surface area (Å²) in [4.78, 5) is 2.74. The molecule has 0 saturated carbocycles. The fourth-order valence-corrected chi connectivity index (χ4v) is 16.7. The van der Waals surface area contributed by atoms with E-state index in [1.54, 1.807) is 0 Å². The molecule has 3 aromatic heterocycles. The van der Waals surface area contributed by atoms with Gasteiger partial charge in [0.15, 0.2) is 0 Å². The maximum atomic E-state index is 2.74. The Morgan fingerprint density at radius 2 is 0.723 bits per heavy atom. The van der Waals surface area contributed by atoms with Crippen molar-refractivity contribution in [1.82, 2.24) is 13.7 Å². The Bertz CT molecular complexity index is 5450. The van der Waals surface area contributed by atoms with Gasteiger partial charge >= 0.3 is 0 Å². The highest BCUT2D eigenvalue weighted by Gasteiger charge is 2.43. The molecule has 0 radical (unpaired) electrons. The Labute approximate surface area is 478 Å². The van der Waals surface area contributed by atoms with Crippen LogP contribution in [0.2, 0.25) is 0 Å². The van der Waals surface area contributed by atoms with E-state index in [0.717, 1.165) is 12.8 Å². The average Bonchev–Trinajstić information content (AvgIpc) is 1.62. The molecule has 4 heterocycles. The molecule has 4 nitrogen and oxygen atoms in total. The zero-order valence-electron chi connectivity index (χ0n) is 45.5. The van der Waals surface area contributed by atoms with Gasteiger partial charge < -0.3 is 18.6 Å². The molecule has 0 saturated heterocycles. The summed E-state index contributed by atoms with van der Waals surface area (Å²) in [6, 6.07) is 83.3. The number of para-hydroxylation sites is 7. The molecule has 15 aromatic rings. The van der Waals surface area contributed by atoms with Gasteiger partial charge in [0.05, 0.1) is 61.9 Å². The molecule has 0 fully saturated rings. The summed E-state index contributed by atoms with van der Waals surface area (Å²) >= 11 is 0. The summed E-state index contributed by atoms with van der Waals surface area (Å²) in [6.45, 7) is 2.47. The summed E-state index contributed by atoms with van der Waals surface area (Å²) in [5.74, 6) is 0.233. The van der Waals surface area contributed by atoms with Crippen LogP contribution in [0.5, 0.6) is 0 Å². The van der Waals surface area contributed by atoms with E-state index in [9.17, 15) is 0 Å². The van der Waals surface area contributed by atoms with E-state index < -0.39 is 0 Å². The Kier molecular flexibility index (Phi) is 8.51. The normalized spacial score (nSPS) is 16.1. The molecule has 4 heteroatoms. The van der Waals surface area contributed by atoms with Crippen LogP contribution in [0.1, 0.15) is 42.4 Å². The minimum atomic E-state index is 0.141. The standard InChI is InChI=1S/C79H50N4/c1-45-21-20-32-60-69(45)79(83-67-39-18-10-28-52(67)53-29-11-19-40-68(53)83)75-59-44-43-57-70-56(41-42-58(71(59)70)74(75)78(60)82-65-37-16-8-26-50(65)51-27-9-17-38-66(51)82)72-73(57)77(81-63-35-14-6-24-48(63)49-25-7-15-36-64(49)81)55-31-3-2-30-54(55)76(72)80-61-33-12-4-22-46(61)47-23-5-13-34-62(47)80/h2-20,22-35,37-45,64H,21,36H2,1H3. The number of fused-ring (bicyclic) bond motifs is 20. The Balaban J connectivity index is 0.989. The van der Waals surface area contributed by atoms with Crippen LogP contribution >= 0.6 is 0 Å². The maximum absolute atomic E-state index is 2.74. The first kappa shape index (κ1) is 44.3. The van der Waals surface area contributed by atoms with Crippen LogP contribution in [-0.2, 0) is 0 Å². The zero-order chi connectivity index (χ0) is 53.9. The molecule has 0 N–H and O–H groups in total. The number of hydrogen-bond donors (Lipinski definition) is 0. The lowest BCUT2D eigenvalue weighted by Crippen LogP contribution is -2.28. The summed E-state index contributed by atoms with van der Waals surface area (Å²) in [5, 5.41) is 12.8. The number of anilines is 2. The maximum Gasteiger partial charge on any atom is 0.0633 e. The largest absolute Gasteiger partial charge is 0.332 e. The van der Waals surface area contributed by atoms with Gasteiger partial charge in [-0.15, -0.1) is 0 Å². The molecule has 1 aliphatic heterocycles. The average molecular weight is 1060 g/mol. The van der Waals surface area contributed by atoms with Gasteiger partial charge in [-0.25, -0.2) is 0 Å². The van der Waals surface area contributed by atoms with Crippen LogP contribution in [0.3, 0.4) is 0 Å². The van der Waals surface area contributed by atoms with Crippen molar-refractivity contribution in [3.8, 4) is 61.6 Å². The summed E-state index contributed by atoms with van der Waals surface area (Å²) < 4.78 is 7.92. The third-order valence-corrected chi connectivity index (χ3v) is 19.8. The molecule has 12 aromatic carbocycles. The van der Waals surface area contributed by atoms with E-state index in [1.807, 2.05) is 0 Å². The number of allylic oxidation sites excluding steroid dienone is 3. The molecular weight excluding hydrogens is 1000 g/mol. The van der Waals surface area contributed by atoms with Gasteiger partial charge in [-0.2, -0.15) is 0 Å². The van der Waals surface area contributed by atoms with Crippen LogP contribution in [-0.4, -0.2) is 19.7 Å². The van der Waals surface area contributed by atoms with Gasteiger partial charge in [-0.05, 0) is 105 Å². The molecule has 2 unspecified atom stereocenters. The fourth-order valence-electron chi connectivity index (χ4n) is 16.7. The summed E-state index contributed by atoms with van der Waals surface area (Å²) in [6.07, 6.45) is 13.8. The molecule has 2 atom stereocenters. The van der Waals surface area contributed by atoms with Crippen LogP contribution in [0.25, 0.3) is 160 Å². The fraction of sp³-hybridized carbons (Fsp3) is 0.0633. The van der Waals surface area contributed by atoms with Crippen LogP contribution in [0, 0.1) is 0 Å². The predicted molar refractivity (Wildman–Crippen MR) is 350 cm³/mol. The molecule has 386 valence electrons. The van der Waals surface area contributed by atoms with Crippen LogP contribution in [0.15, 0.2) is 243 Å². The van der Waals surface area contributed by atoms with Crippen molar-refractivity contribution in [2.45, 2.75) is 31.7 Å². The van der Waals surface area contributed by atoms with Gasteiger partial charge in [0.1, 0.15) is 0 Å². The smallest absolute Gasteiger partial charge is 0.0633 e. The first-order valence-electron chi connectivity index (χ1n) is 29.5. The van der Waals surface area contributed by atoms with Gasteiger partial charge in [0.2, 0.25) is 0 Å². The van der Waals surface area contributed by atoms with Crippen molar-refractivity contribution >= 4 is 110 Å². The predicted octanol–water partition coefficient (Wildman–Crippen LogP) is 21.0. The lowest BCUT2D eigenvalue weighted by atomic mass is 9.81. The van der Waals surface area contributed by atoms with E-state index in [-0.39, 0.29) is 12.0 Å². The lowest BCUT2D eigenvalue weighted by molar-refractivity contribution is 0.764. The van der Waals surface area contributed by atoms with Crippen molar-refractivity contribution in [2.75, 3.05) is 4.90 Å². The van der Waals surface area contributed by atoms with E-state index in [1.165, 1.54) is 182 Å². The Morgan fingerprint density at radius 3 is 1.23 bits per heavy atom. The van der Waals surface area contributed by atoms with Crippen molar-refractivity contribution in [1.29, 1.82) is 0 Å². The second kappa shape index (κ2) is 15.9. The highest BCUT2D eigenvalue weighted by Crippen LogP contribution is 2.66. The Hall–Kier alpha value is -10.4. The van der Waals surface area contributed by atoms with Gasteiger partial charge in [-0.1, -0.05) is 213 Å². The number of nitrogens with zero attached hydrogens (tertiary/aromatic N) is 4. The van der Waals surface area contributed by atoms with E-state index in [4.69, 9.17) is 0 Å². The third-order valence-electron chi connectivity index (χ3n) is 19.8. The SMILES string of the molecule is CC1CC=Cc2c1c(-n1c3ccccc3c3ccccc31)c1c(c2-n2c3ccccc3c3ccccc32)-c2ccc3c4c(ccc-1c24)-c1c-3c(-n2c3ccccc3c3ccccc32)c2ccccc2c1N1c2ccccc2C2=CC=CCC21. The summed E-state index contributed by atoms with van der Waals surface area (Å²) in [7, 11) is 0. The number of rotatable bonds is 4. The van der Waals surface area contributed by atoms with Crippen LogP contribution < -0.4 is 4.90 Å². The Morgan fingerprint density at radius 1 is 0.337 bits per heavy atom. The van der Waals surface area contributed by atoms with Crippen molar-refractivity contribution in [3.63, 3.8) is 0 Å². The zero-order valence-corrected chi connectivity index (χ0v) is 45.5. The number of benzene rings is 12. The van der Waals surface area contributed by atoms with Gasteiger partial charge in [-0.3, -0.25) is 0 Å². The molecule has 20 rings (SSSR count). The second-order valence-electron chi connectivity index (χ2n) is 23.7. The molecule has 0 bridgehead atoms. The quantitative estimate of drug-likeness (QED) is 0.172. The monoisotopic (exact) mass is 1050 g/mol. The molecule has 4 aliphatic carbocycles. The van der Waals surface area contributed by atoms with Crippen molar-refractivity contribution in [2.24, 2.45) is 0 Å². The first-order chi connectivity index (χ1) is 41.2. The second-order valence-corrected chi connectivity index (χ2v) is 23.7. The molecular formula is C79H50N4. The summed E-state index contributed by atoms with van der Waals surface area (Å²) in [5.41, 5.74) is 29.5. The molecule has 83 heavy (non-hydrogen) atoms. The highest BCUT2D eigenvalue weighted by molar-refractivity contribution is 6.34. The minimum Gasteiger partial charge on any atom is -0.332 e. The first-order valence-corrected chi connectivity index (χ1v) is 29.5. The van der Waals surface area contributed by atoms with E-state index >= 15 is 0 Å². The minimum absolute atomic E-state index is 0.141. The number of hydrogen-bond acceptors (Lipinski definition) is 1. The highest BCUT2D eigenvalue weighted by atomic mass is 15.2. The number of aromatic nitrogens is 3. The van der Waals surface area contributed by atoms with Crippen LogP contribution in [0.4, 0.5) is 11.4 Å². The van der Waals surface area contributed by atoms with Crippen molar-refractivity contribution in [3.05, 3.63) is 259 Å². The van der Waals surface area contributed by atoms with E-state index in [0.29, 0.717) is 0 Å².